The molecule has 0 radical (unpaired) electrons. The Bertz CT molecular complexity index is 1000. The Kier molecular flexibility index (Phi) is 5.38. The molecule has 3 aromatic carbocycles. The van der Waals surface area contributed by atoms with Crippen LogP contribution in [0.1, 0.15) is 23.6 Å². The minimum Gasteiger partial charge on any atom is -0.497 e. The molecule has 0 aliphatic carbocycles. The van der Waals surface area contributed by atoms with Crippen molar-refractivity contribution < 1.29 is 14.2 Å². The average Bonchev–Trinajstić information content (AvgIpc) is 3.24. The molecule has 148 valence electrons. The van der Waals surface area contributed by atoms with Gasteiger partial charge in [-0.2, -0.15) is 5.10 Å². The van der Waals surface area contributed by atoms with Crippen molar-refractivity contribution >= 4 is 11.4 Å². The van der Waals surface area contributed by atoms with E-state index in [1.165, 1.54) is 5.56 Å². The van der Waals surface area contributed by atoms with Crippen molar-refractivity contribution in [3.8, 4) is 17.2 Å². The normalized spacial score (nSPS) is 15.8. The lowest BCUT2D eigenvalue weighted by Gasteiger charge is -2.24. The minimum absolute atomic E-state index is 0.0881. The first kappa shape index (κ1) is 18.9. The first-order valence-electron chi connectivity index (χ1n) is 9.51. The maximum atomic E-state index is 5.62. The van der Waals surface area contributed by atoms with Crippen LogP contribution >= 0.6 is 0 Å². The van der Waals surface area contributed by atoms with Crippen molar-refractivity contribution in [1.82, 2.24) is 0 Å². The van der Waals surface area contributed by atoms with Gasteiger partial charge >= 0.3 is 0 Å². The van der Waals surface area contributed by atoms with Crippen molar-refractivity contribution in [1.29, 1.82) is 0 Å². The number of hydrogen-bond donors (Lipinski definition) is 0. The topological polar surface area (TPSA) is 43.3 Å². The second kappa shape index (κ2) is 8.27. The van der Waals surface area contributed by atoms with Crippen molar-refractivity contribution in [2.24, 2.45) is 5.10 Å². The lowest BCUT2D eigenvalue weighted by Crippen LogP contribution is -2.18. The standard InChI is InChI=1S/C24H24N2O3/c1-27-19-11-9-17(10-12-19)23-16-22(25-26(23)18-7-5-4-6-8-18)21-14-13-20(28-2)15-24(21)29-3/h4-15,23H,16H2,1-3H3/t23-/m0/s1. The van der Waals surface area contributed by atoms with Gasteiger partial charge in [-0.15, -0.1) is 0 Å². The predicted octanol–water partition coefficient (Wildman–Crippen LogP) is 5.07. The largest absolute Gasteiger partial charge is 0.497 e. The quantitative estimate of drug-likeness (QED) is 0.591. The molecule has 0 saturated heterocycles. The molecule has 5 nitrogen and oxygen atoms in total. The van der Waals surface area contributed by atoms with Crippen LogP contribution in [-0.2, 0) is 0 Å². The van der Waals surface area contributed by atoms with Crippen molar-refractivity contribution in [2.75, 3.05) is 26.3 Å². The summed E-state index contributed by atoms with van der Waals surface area (Å²) in [5, 5.41) is 7.08. The molecule has 4 rings (SSSR count). The van der Waals surface area contributed by atoms with Crippen LogP contribution in [0.25, 0.3) is 0 Å². The van der Waals surface area contributed by atoms with Crippen LogP contribution in [0.3, 0.4) is 0 Å². The summed E-state index contributed by atoms with van der Waals surface area (Å²) in [5.74, 6) is 2.36. The highest BCUT2D eigenvalue weighted by Gasteiger charge is 2.31. The molecular weight excluding hydrogens is 364 g/mol. The van der Waals surface area contributed by atoms with Gasteiger partial charge in [0, 0.05) is 18.1 Å². The van der Waals surface area contributed by atoms with Crippen LogP contribution in [0, 0.1) is 0 Å². The zero-order valence-corrected chi connectivity index (χ0v) is 16.8. The number of nitrogens with zero attached hydrogens (tertiary/aromatic N) is 2. The predicted molar refractivity (Wildman–Crippen MR) is 115 cm³/mol. The third-order valence-corrected chi connectivity index (χ3v) is 5.15. The Labute approximate surface area is 171 Å². The minimum atomic E-state index is 0.0881. The van der Waals surface area contributed by atoms with Gasteiger partial charge in [-0.05, 0) is 42.0 Å². The zero-order chi connectivity index (χ0) is 20.2. The van der Waals surface area contributed by atoms with E-state index in [0.29, 0.717) is 0 Å². The average molecular weight is 388 g/mol. The molecule has 1 aliphatic rings. The monoisotopic (exact) mass is 388 g/mol. The van der Waals surface area contributed by atoms with E-state index in [9.17, 15) is 0 Å². The summed E-state index contributed by atoms with van der Waals surface area (Å²) in [6, 6.07) is 24.3. The summed E-state index contributed by atoms with van der Waals surface area (Å²) < 4.78 is 16.3. The fraction of sp³-hybridized carbons (Fsp3) is 0.208. The maximum Gasteiger partial charge on any atom is 0.131 e. The smallest absolute Gasteiger partial charge is 0.131 e. The van der Waals surface area contributed by atoms with Crippen LogP contribution in [-0.4, -0.2) is 27.0 Å². The summed E-state index contributed by atoms with van der Waals surface area (Å²) in [4.78, 5) is 0. The third-order valence-electron chi connectivity index (χ3n) is 5.15. The summed E-state index contributed by atoms with van der Waals surface area (Å²) in [6.45, 7) is 0. The van der Waals surface area contributed by atoms with Crippen LogP contribution < -0.4 is 19.2 Å². The number of hydrogen-bond acceptors (Lipinski definition) is 5. The molecule has 0 fully saturated rings. The highest BCUT2D eigenvalue weighted by molar-refractivity contribution is 6.05. The van der Waals surface area contributed by atoms with Gasteiger partial charge < -0.3 is 14.2 Å². The van der Waals surface area contributed by atoms with Crippen LogP contribution in [0.4, 0.5) is 5.69 Å². The van der Waals surface area contributed by atoms with Gasteiger partial charge in [0.2, 0.25) is 0 Å². The fourth-order valence-electron chi connectivity index (χ4n) is 3.61. The van der Waals surface area contributed by atoms with Gasteiger partial charge in [0.05, 0.1) is 38.8 Å². The highest BCUT2D eigenvalue weighted by atomic mass is 16.5. The van der Waals surface area contributed by atoms with Gasteiger partial charge in [-0.25, -0.2) is 0 Å². The number of methoxy groups -OCH3 is 3. The lowest BCUT2D eigenvalue weighted by molar-refractivity contribution is 0.394. The molecule has 0 N–H and O–H groups in total. The summed E-state index contributed by atoms with van der Waals surface area (Å²) >= 11 is 0. The number of hydrazone groups is 1. The molecule has 5 heteroatoms. The molecule has 1 atom stereocenters. The molecule has 0 unspecified atom stereocenters. The van der Waals surface area contributed by atoms with Gasteiger partial charge in [0.1, 0.15) is 17.2 Å². The SMILES string of the molecule is COc1ccc([C@@H]2CC(c3ccc(OC)cc3OC)=NN2c2ccccc2)cc1. The second-order valence-corrected chi connectivity index (χ2v) is 6.79. The summed E-state index contributed by atoms with van der Waals surface area (Å²) in [6.07, 6.45) is 0.768. The molecule has 1 heterocycles. The van der Waals surface area contributed by atoms with E-state index < -0.39 is 0 Å². The molecule has 29 heavy (non-hydrogen) atoms. The van der Waals surface area contributed by atoms with Crippen LogP contribution in [0.5, 0.6) is 17.2 Å². The maximum absolute atomic E-state index is 5.62. The van der Waals surface area contributed by atoms with Gasteiger partial charge in [-0.3, -0.25) is 5.01 Å². The van der Waals surface area contributed by atoms with E-state index in [2.05, 4.69) is 29.3 Å². The highest BCUT2D eigenvalue weighted by Crippen LogP contribution is 2.39. The van der Waals surface area contributed by atoms with E-state index in [4.69, 9.17) is 19.3 Å². The molecule has 0 bridgehead atoms. The van der Waals surface area contributed by atoms with E-state index >= 15 is 0 Å². The fourth-order valence-corrected chi connectivity index (χ4v) is 3.61. The molecular formula is C24H24N2O3. The van der Waals surface area contributed by atoms with E-state index in [-0.39, 0.29) is 6.04 Å². The molecule has 1 aliphatic heterocycles. The van der Waals surface area contributed by atoms with Crippen molar-refractivity contribution in [3.63, 3.8) is 0 Å². The Morgan fingerprint density at radius 3 is 2.14 bits per heavy atom. The van der Waals surface area contributed by atoms with Crippen molar-refractivity contribution in [3.05, 3.63) is 83.9 Å². The molecule has 0 amide bonds. The first-order valence-corrected chi connectivity index (χ1v) is 9.51. The van der Waals surface area contributed by atoms with Gasteiger partial charge in [-0.1, -0.05) is 30.3 Å². The molecule has 0 aromatic heterocycles. The zero-order valence-electron chi connectivity index (χ0n) is 16.8. The number of ether oxygens (including phenoxy) is 3. The summed E-state index contributed by atoms with van der Waals surface area (Å²) in [7, 11) is 5.00. The van der Waals surface area contributed by atoms with Gasteiger partial charge in [0.15, 0.2) is 0 Å². The van der Waals surface area contributed by atoms with Crippen molar-refractivity contribution in [2.45, 2.75) is 12.5 Å². The number of anilines is 1. The Balaban J connectivity index is 1.74. The van der Waals surface area contributed by atoms with E-state index in [0.717, 1.165) is 40.6 Å². The molecule has 0 spiro atoms. The van der Waals surface area contributed by atoms with Crippen LogP contribution in [0.2, 0.25) is 0 Å². The number of benzene rings is 3. The second-order valence-electron chi connectivity index (χ2n) is 6.79. The van der Waals surface area contributed by atoms with Crippen LogP contribution in [0.15, 0.2) is 77.9 Å². The number of para-hydroxylation sites is 1. The lowest BCUT2D eigenvalue weighted by atomic mass is 9.97. The summed E-state index contributed by atoms with van der Waals surface area (Å²) in [5.41, 5.74) is 4.19. The molecule has 3 aromatic rings. The first-order chi connectivity index (χ1) is 14.2. The van der Waals surface area contributed by atoms with E-state index in [1.54, 1.807) is 21.3 Å². The number of rotatable bonds is 6. The van der Waals surface area contributed by atoms with Gasteiger partial charge in [0.25, 0.3) is 0 Å². The Morgan fingerprint density at radius 2 is 1.48 bits per heavy atom. The Hall–Kier alpha value is -3.47. The molecule has 0 saturated carbocycles. The third kappa shape index (κ3) is 3.76. The van der Waals surface area contributed by atoms with E-state index in [1.807, 2.05) is 48.5 Å². The Morgan fingerprint density at radius 1 is 0.793 bits per heavy atom.